The van der Waals surface area contributed by atoms with Gasteiger partial charge in [-0.1, -0.05) is 18.9 Å². The largest absolute Gasteiger partial charge is 0.452 e. The number of hydrogen-bond acceptors (Lipinski definition) is 4. The van der Waals surface area contributed by atoms with Crippen molar-refractivity contribution >= 4 is 23.5 Å². The monoisotopic (exact) mass is 358 g/mol. The first-order valence-electron chi connectivity index (χ1n) is 9.39. The second kappa shape index (κ2) is 8.34. The standard InChI is InChI=1S/C20H26N2O4/c1-14(23)21-17-9-4-7-16(12-17)20(25)26-13-19(24)22-11-5-8-15-6-2-3-10-18(15)22/h4,7,9,12,15,18H,2-3,5-6,8,10-11,13H2,1H3,(H,21,23). The average molecular weight is 358 g/mol. The molecule has 3 rings (SSSR count). The summed E-state index contributed by atoms with van der Waals surface area (Å²) in [5.41, 5.74) is 0.845. The van der Waals surface area contributed by atoms with Crippen LogP contribution >= 0.6 is 0 Å². The van der Waals surface area contributed by atoms with Gasteiger partial charge in [-0.3, -0.25) is 9.59 Å². The molecule has 0 aromatic heterocycles. The highest BCUT2D eigenvalue weighted by Crippen LogP contribution is 2.35. The number of esters is 1. The van der Waals surface area contributed by atoms with Crippen molar-refractivity contribution in [3.8, 4) is 0 Å². The number of carbonyl (C=O) groups excluding carboxylic acids is 3. The van der Waals surface area contributed by atoms with E-state index in [1.165, 1.54) is 32.6 Å². The molecule has 2 aliphatic rings. The highest BCUT2D eigenvalue weighted by Gasteiger charge is 2.35. The van der Waals surface area contributed by atoms with Gasteiger partial charge in [0.25, 0.3) is 5.91 Å². The molecule has 1 aromatic rings. The molecule has 1 N–H and O–H groups in total. The molecular weight excluding hydrogens is 332 g/mol. The van der Waals surface area contributed by atoms with Gasteiger partial charge in [0.1, 0.15) is 0 Å². The van der Waals surface area contributed by atoms with Gasteiger partial charge in [-0.15, -0.1) is 0 Å². The zero-order chi connectivity index (χ0) is 18.5. The number of carbonyl (C=O) groups is 3. The minimum atomic E-state index is -0.553. The summed E-state index contributed by atoms with van der Waals surface area (Å²) in [6, 6.07) is 6.83. The summed E-state index contributed by atoms with van der Waals surface area (Å²) in [6.45, 7) is 1.93. The van der Waals surface area contributed by atoms with Crippen LogP contribution in [0, 0.1) is 5.92 Å². The fourth-order valence-electron chi connectivity index (χ4n) is 4.16. The Labute approximate surface area is 153 Å². The van der Waals surface area contributed by atoms with Gasteiger partial charge in [-0.05, 0) is 49.8 Å². The molecule has 2 fully saturated rings. The summed E-state index contributed by atoms with van der Waals surface area (Å²) < 4.78 is 5.24. The number of anilines is 1. The zero-order valence-electron chi connectivity index (χ0n) is 15.2. The number of likely N-dealkylation sites (tertiary alicyclic amines) is 1. The van der Waals surface area contributed by atoms with E-state index >= 15 is 0 Å². The van der Waals surface area contributed by atoms with Gasteiger partial charge in [-0.25, -0.2) is 4.79 Å². The van der Waals surface area contributed by atoms with Crippen LogP contribution in [0.5, 0.6) is 0 Å². The van der Waals surface area contributed by atoms with E-state index < -0.39 is 5.97 Å². The molecule has 1 aromatic carbocycles. The molecule has 1 aliphatic carbocycles. The molecule has 6 nitrogen and oxygen atoms in total. The lowest BCUT2D eigenvalue weighted by atomic mass is 9.78. The fraction of sp³-hybridized carbons (Fsp3) is 0.550. The van der Waals surface area contributed by atoms with Crippen LogP contribution in [-0.4, -0.2) is 41.9 Å². The Kier molecular flexibility index (Phi) is 5.91. The predicted molar refractivity (Wildman–Crippen MR) is 97.7 cm³/mol. The Morgan fingerprint density at radius 2 is 1.92 bits per heavy atom. The van der Waals surface area contributed by atoms with Gasteiger partial charge >= 0.3 is 5.97 Å². The smallest absolute Gasteiger partial charge is 0.338 e. The van der Waals surface area contributed by atoms with E-state index in [-0.39, 0.29) is 18.4 Å². The molecule has 0 radical (unpaired) electrons. The number of amides is 2. The van der Waals surface area contributed by atoms with E-state index in [4.69, 9.17) is 4.74 Å². The number of benzene rings is 1. The van der Waals surface area contributed by atoms with Crippen molar-refractivity contribution in [1.82, 2.24) is 4.90 Å². The molecule has 1 saturated carbocycles. The fourth-order valence-corrected chi connectivity index (χ4v) is 4.16. The van der Waals surface area contributed by atoms with E-state index in [0.717, 1.165) is 19.4 Å². The second-order valence-corrected chi connectivity index (χ2v) is 7.18. The number of hydrogen-bond donors (Lipinski definition) is 1. The summed E-state index contributed by atoms with van der Waals surface area (Å²) in [4.78, 5) is 37.9. The molecule has 0 bridgehead atoms. The summed E-state index contributed by atoms with van der Waals surface area (Å²) in [5.74, 6) is -0.264. The van der Waals surface area contributed by atoms with Crippen molar-refractivity contribution in [2.24, 2.45) is 5.92 Å². The Balaban J connectivity index is 1.57. The second-order valence-electron chi connectivity index (χ2n) is 7.18. The molecule has 26 heavy (non-hydrogen) atoms. The summed E-state index contributed by atoms with van der Waals surface area (Å²) >= 11 is 0. The third-order valence-corrected chi connectivity index (χ3v) is 5.31. The topological polar surface area (TPSA) is 75.7 Å². The Hall–Kier alpha value is -2.37. The van der Waals surface area contributed by atoms with Gasteiger partial charge in [0, 0.05) is 25.2 Å². The van der Waals surface area contributed by atoms with Crippen molar-refractivity contribution in [3.63, 3.8) is 0 Å². The first-order chi connectivity index (χ1) is 12.5. The van der Waals surface area contributed by atoms with Crippen molar-refractivity contribution in [2.75, 3.05) is 18.5 Å². The molecule has 0 spiro atoms. The normalized spacial score (nSPS) is 22.3. The molecule has 2 unspecified atom stereocenters. The van der Waals surface area contributed by atoms with Crippen LogP contribution in [0.15, 0.2) is 24.3 Å². The molecule has 140 valence electrons. The van der Waals surface area contributed by atoms with Crippen molar-refractivity contribution in [2.45, 2.75) is 51.5 Å². The quantitative estimate of drug-likeness (QED) is 0.840. The first-order valence-corrected chi connectivity index (χ1v) is 9.39. The number of nitrogens with zero attached hydrogens (tertiary/aromatic N) is 1. The number of fused-ring (bicyclic) bond motifs is 1. The van der Waals surface area contributed by atoms with E-state index in [1.807, 2.05) is 4.90 Å². The van der Waals surface area contributed by atoms with Crippen LogP contribution in [0.25, 0.3) is 0 Å². The number of piperidine rings is 1. The van der Waals surface area contributed by atoms with E-state index in [9.17, 15) is 14.4 Å². The first kappa shape index (κ1) is 18.4. The van der Waals surface area contributed by atoms with Crippen LogP contribution in [0.1, 0.15) is 55.8 Å². The van der Waals surface area contributed by atoms with Crippen molar-refractivity contribution in [3.05, 3.63) is 29.8 Å². The average Bonchev–Trinajstić information content (AvgIpc) is 2.65. The molecule has 6 heteroatoms. The zero-order valence-corrected chi connectivity index (χ0v) is 15.2. The van der Waals surface area contributed by atoms with Crippen LogP contribution in [-0.2, 0) is 14.3 Å². The third-order valence-electron chi connectivity index (χ3n) is 5.31. The van der Waals surface area contributed by atoms with Gasteiger partial charge in [0.2, 0.25) is 5.91 Å². The predicted octanol–water partition coefficient (Wildman–Crippen LogP) is 2.98. The van der Waals surface area contributed by atoms with E-state index in [2.05, 4.69) is 5.32 Å². The summed E-state index contributed by atoms with van der Waals surface area (Å²) in [5, 5.41) is 2.63. The Morgan fingerprint density at radius 3 is 2.73 bits per heavy atom. The van der Waals surface area contributed by atoms with E-state index in [1.54, 1.807) is 24.3 Å². The van der Waals surface area contributed by atoms with Crippen LogP contribution in [0.3, 0.4) is 0 Å². The maximum atomic E-state index is 12.6. The summed E-state index contributed by atoms with van der Waals surface area (Å²) in [6.07, 6.45) is 6.90. The minimum absolute atomic E-state index is 0.104. The van der Waals surface area contributed by atoms with Crippen LogP contribution < -0.4 is 5.32 Å². The lowest BCUT2D eigenvalue weighted by molar-refractivity contribution is -0.140. The van der Waals surface area contributed by atoms with Crippen LogP contribution in [0.2, 0.25) is 0 Å². The Bertz CT molecular complexity index is 686. The SMILES string of the molecule is CC(=O)Nc1cccc(C(=O)OCC(=O)N2CCCC3CCCCC32)c1. The molecule has 1 saturated heterocycles. The third kappa shape index (κ3) is 4.42. The van der Waals surface area contributed by atoms with Crippen molar-refractivity contribution < 1.29 is 19.1 Å². The van der Waals surface area contributed by atoms with E-state index in [0.29, 0.717) is 23.2 Å². The number of rotatable bonds is 4. The maximum Gasteiger partial charge on any atom is 0.338 e. The minimum Gasteiger partial charge on any atom is -0.452 e. The number of ether oxygens (including phenoxy) is 1. The highest BCUT2D eigenvalue weighted by molar-refractivity contribution is 5.94. The van der Waals surface area contributed by atoms with Crippen molar-refractivity contribution in [1.29, 1.82) is 0 Å². The lowest BCUT2D eigenvalue weighted by Crippen LogP contribution is -2.50. The van der Waals surface area contributed by atoms with Gasteiger partial charge in [0.15, 0.2) is 6.61 Å². The Morgan fingerprint density at radius 1 is 1.15 bits per heavy atom. The van der Waals surface area contributed by atoms with Crippen LogP contribution in [0.4, 0.5) is 5.69 Å². The maximum absolute atomic E-state index is 12.6. The highest BCUT2D eigenvalue weighted by atomic mass is 16.5. The summed E-state index contributed by atoms with van der Waals surface area (Å²) in [7, 11) is 0. The molecule has 2 amide bonds. The van der Waals surface area contributed by atoms with Gasteiger partial charge in [0.05, 0.1) is 5.56 Å². The number of nitrogens with one attached hydrogen (secondary N) is 1. The lowest BCUT2D eigenvalue weighted by Gasteiger charge is -2.44. The molecule has 2 atom stereocenters. The molecule has 1 aliphatic heterocycles. The molecular formula is C20H26N2O4. The van der Waals surface area contributed by atoms with Gasteiger partial charge in [-0.2, -0.15) is 0 Å². The van der Waals surface area contributed by atoms with Gasteiger partial charge < -0.3 is 15.0 Å². The molecule has 1 heterocycles.